The van der Waals surface area contributed by atoms with Crippen LogP contribution in [0.2, 0.25) is 0 Å². The largest absolute Gasteiger partial charge is 0.508 e. The number of nitrogens with two attached hydrogens (primary N) is 1. The molecule has 3 nitrogen and oxygen atoms in total. The molecule has 2 rings (SSSR count). The molecule has 0 heterocycles. The second-order valence-corrected chi connectivity index (χ2v) is 6.16. The van der Waals surface area contributed by atoms with Crippen molar-refractivity contribution < 1.29 is 5.11 Å². The van der Waals surface area contributed by atoms with Gasteiger partial charge < -0.3 is 10.8 Å². The lowest BCUT2D eigenvalue weighted by Crippen LogP contribution is -2.46. The molecule has 3 N–H and O–H groups in total. The van der Waals surface area contributed by atoms with Gasteiger partial charge in [0, 0.05) is 17.6 Å². The Morgan fingerprint density at radius 1 is 1.24 bits per heavy atom. The van der Waals surface area contributed by atoms with Gasteiger partial charge in [0.1, 0.15) is 5.75 Å². The highest BCUT2D eigenvalue weighted by Crippen LogP contribution is 2.37. The lowest BCUT2D eigenvalue weighted by Gasteiger charge is -2.43. The average molecular weight is 290 g/mol. The lowest BCUT2D eigenvalue weighted by atomic mass is 9.82. The first-order chi connectivity index (χ1) is 10.2. The minimum absolute atomic E-state index is 0.286. The standard InChI is InChI=1S/C18H30N2O/c1-3-16(15-10-6-8-12-18(15)21)20(4-2)17-11-7-5-9-14(17)13-19/h6,8,10,12,14,16-17,21H,3-5,7,9,11,13,19H2,1-2H3. The van der Waals surface area contributed by atoms with Crippen LogP contribution < -0.4 is 5.73 Å². The molecule has 118 valence electrons. The lowest BCUT2D eigenvalue weighted by molar-refractivity contribution is 0.0668. The van der Waals surface area contributed by atoms with Crippen LogP contribution in [0.5, 0.6) is 5.75 Å². The van der Waals surface area contributed by atoms with Crippen molar-refractivity contribution in [3.63, 3.8) is 0 Å². The zero-order valence-electron chi connectivity index (χ0n) is 13.5. The summed E-state index contributed by atoms with van der Waals surface area (Å²) in [7, 11) is 0. The third-order valence-electron chi connectivity index (χ3n) is 5.05. The number of phenols is 1. The molecule has 0 radical (unpaired) electrons. The van der Waals surface area contributed by atoms with Gasteiger partial charge in [-0.2, -0.15) is 0 Å². The van der Waals surface area contributed by atoms with E-state index >= 15 is 0 Å². The van der Waals surface area contributed by atoms with Gasteiger partial charge in [-0.1, -0.05) is 44.9 Å². The molecule has 1 aliphatic rings. The maximum atomic E-state index is 10.2. The summed E-state index contributed by atoms with van der Waals surface area (Å²) < 4.78 is 0. The molecule has 1 saturated carbocycles. The van der Waals surface area contributed by atoms with Crippen LogP contribution in [0.15, 0.2) is 24.3 Å². The summed E-state index contributed by atoms with van der Waals surface area (Å²) >= 11 is 0. The number of aromatic hydroxyl groups is 1. The Morgan fingerprint density at radius 2 is 1.95 bits per heavy atom. The van der Waals surface area contributed by atoms with Crippen LogP contribution in [-0.2, 0) is 0 Å². The molecule has 1 aromatic carbocycles. The Hall–Kier alpha value is -1.06. The molecule has 1 aliphatic carbocycles. The summed E-state index contributed by atoms with van der Waals surface area (Å²) in [6.45, 7) is 6.22. The summed E-state index contributed by atoms with van der Waals surface area (Å²) in [5.74, 6) is 1.02. The highest BCUT2D eigenvalue weighted by molar-refractivity contribution is 5.34. The van der Waals surface area contributed by atoms with E-state index in [2.05, 4.69) is 24.8 Å². The van der Waals surface area contributed by atoms with Crippen molar-refractivity contribution in [1.29, 1.82) is 0 Å². The van der Waals surface area contributed by atoms with Crippen molar-refractivity contribution in [2.24, 2.45) is 11.7 Å². The minimum atomic E-state index is 0.286. The molecule has 3 atom stereocenters. The predicted molar refractivity (Wildman–Crippen MR) is 88.3 cm³/mol. The molecular weight excluding hydrogens is 260 g/mol. The maximum Gasteiger partial charge on any atom is 0.120 e. The average Bonchev–Trinajstić information content (AvgIpc) is 2.53. The molecular formula is C18H30N2O. The molecule has 0 aromatic heterocycles. The van der Waals surface area contributed by atoms with Crippen LogP contribution in [0.3, 0.4) is 0 Å². The minimum Gasteiger partial charge on any atom is -0.508 e. The number of para-hydroxylation sites is 1. The zero-order valence-corrected chi connectivity index (χ0v) is 13.5. The topological polar surface area (TPSA) is 49.5 Å². The summed E-state index contributed by atoms with van der Waals surface area (Å²) in [5.41, 5.74) is 7.08. The van der Waals surface area contributed by atoms with Crippen molar-refractivity contribution in [3.8, 4) is 5.75 Å². The van der Waals surface area contributed by atoms with E-state index in [1.807, 2.05) is 12.1 Å². The maximum absolute atomic E-state index is 10.2. The molecule has 1 aromatic rings. The number of phenolic OH excluding ortho intramolecular Hbond substituents is 1. The molecule has 0 bridgehead atoms. The third-order valence-corrected chi connectivity index (χ3v) is 5.05. The van der Waals surface area contributed by atoms with Gasteiger partial charge in [-0.05, 0) is 44.3 Å². The van der Waals surface area contributed by atoms with Crippen molar-refractivity contribution in [2.75, 3.05) is 13.1 Å². The van der Waals surface area contributed by atoms with Gasteiger partial charge in [-0.25, -0.2) is 0 Å². The fourth-order valence-corrected chi connectivity index (χ4v) is 3.99. The number of benzene rings is 1. The third kappa shape index (κ3) is 3.58. The molecule has 21 heavy (non-hydrogen) atoms. The number of hydrogen-bond acceptors (Lipinski definition) is 3. The first-order valence-electron chi connectivity index (χ1n) is 8.46. The van der Waals surface area contributed by atoms with Crippen LogP contribution >= 0.6 is 0 Å². The van der Waals surface area contributed by atoms with E-state index < -0.39 is 0 Å². The Labute approximate surface area is 129 Å². The molecule has 3 unspecified atom stereocenters. The number of rotatable bonds is 6. The number of hydrogen-bond donors (Lipinski definition) is 2. The van der Waals surface area contributed by atoms with Gasteiger partial charge in [0.2, 0.25) is 0 Å². The van der Waals surface area contributed by atoms with Gasteiger partial charge in [0.05, 0.1) is 0 Å². The molecule has 1 fully saturated rings. The first-order valence-corrected chi connectivity index (χ1v) is 8.46. The van der Waals surface area contributed by atoms with Crippen molar-refractivity contribution in [3.05, 3.63) is 29.8 Å². The second-order valence-electron chi connectivity index (χ2n) is 6.16. The highest BCUT2D eigenvalue weighted by atomic mass is 16.3. The Bertz CT molecular complexity index is 435. The molecule has 0 aliphatic heterocycles. The summed E-state index contributed by atoms with van der Waals surface area (Å²) in [5, 5.41) is 10.2. The normalized spacial score (nSPS) is 24.2. The van der Waals surface area contributed by atoms with Gasteiger partial charge in [0.25, 0.3) is 0 Å². The Kier molecular flexibility index (Phi) is 6.07. The van der Waals surface area contributed by atoms with Gasteiger partial charge in [-0.15, -0.1) is 0 Å². The van der Waals surface area contributed by atoms with E-state index in [0.29, 0.717) is 17.7 Å². The fraction of sp³-hybridized carbons (Fsp3) is 0.667. The van der Waals surface area contributed by atoms with Crippen LogP contribution in [0.1, 0.15) is 57.6 Å². The van der Waals surface area contributed by atoms with Crippen LogP contribution in [0, 0.1) is 5.92 Å². The highest BCUT2D eigenvalue weighted by Gasteiger charge is 2.33. The van der Waals surface area contributed by atoms with Crippen LogP contribution in [0.25, 0.3) is 0 Å². The molecule has 3 heteroatoms. The fourth-order valence-electron chi connectivity index (χ4n) is 3.99. The van der Waals surface area contributed by atoms with Gasteiger partial charge >= 0.3 is 0 Å². The van der Waals surface area contributed by atoms with Gasteiger partial charge in [0.15, 0.2) is 0 Å². The van der Waals surface area contributed by atoms with E-state index in [1.54, 1.807) is 6.07 Å². The summed E-state index contributed by atoms with van der Waals surface area (Å²) in [6, 6.07) is 8.61. The Balaban J connectivity index is 2.26. The van der Waals surface area contributed by atoms with Crippen molar-refractivity contribution >= 4 is 0 Å². The van der Waals surface area contributed by atoms with E-state index in [0.717, 1.165) is 25.1 Å². The number of nitrogens with zero attached hydrogens (tertiary/aromatic N) is 1. The van der Waals surface area contributed by atoms with E-state index in [9.17, 15) is 5.11 Å². The second kappa shape index (κ2) is 7.81. The SMILES string of the molecule is CCC(c1ccccc1O)N(CC)C1CCCCC1CN. The Morgan fingerprint density at radius 3 is 2.57 bits per heavy atom. The van der Waals surface area contributed by atoms with Crippen LogP contribution in [-0.4, -0.2) is 29.1 Å². The summed E-state index contributed by atoms with van der Waals surface area (Å²) in [4.78, 5) is 2.58. The summed E-state index contributed by atoms with van der Waals surface area (Å²) in [6.07, 6.45) is 6.10. The van der Waals surface area contributed by atoms with E-state index in [1.165, 1.54) is 25.7 Å². The molecule has 0 saturated heterocycles. The zero-order chi connectivity index (χ0) is 15.2. The van der Waals surface area contributed by atoms with E-state index in [4.69, 9.17) is 5.73 Å². The quantitative estimate of drug-likeness (QED) is 0.840. The molecule has 0 spiro atoms. The van der Waals surface area contributed by atoms with E-state index in [-0.39, 0.29) is 6.04 Å². The van der Waals surface area contributed by atoms with Crippen molar-refractivity contribution in [2.45, 2.75) is 58.0 Å². The van der Waals surface area contributed by atoms with Crippen molar-refractivity contribution in [1.82, 2.24) is 4.90 Å². The van der Waals surface area contributed by atoms with Crippen LogP contribution in [0.4, 0.5) is 0 Å². The van der Waals surface area contributed by atoms with Gasteiger partial charge in [-0.3, -0.25) is 4.90 Å². The molecule has 0 amide bonds. The predicted octanol–water partition coefficient (Wildman–Crippen LogP) is 3.68. The first kappa shape index (κ1) is 16.3. The smallest absolute Gasteiger partial charge is 0.120 e. The monoisotopic (exact) mass is 290 g/mol.